The van der Waals surface area contributed by atoms with Gasteiger partial charge in [0, 0.05) is 11.4 Å². The van der Waals surface area contributed by atoms with Gasteiger partial charge in [-0.3, -0.25) is 4.79 Å². The normalized spacial score (nSPS) is 12.2. The van der Waals surface area contributed by atoms with Gasteiger partial charge in [0.05, 0.1) is 12.2 Å². The van der Waals surface area contributed by atoms with Gasteiger partial charge in [-0.1, -0.05) is 12.1 Å². The maximum absolute atomic E-state index is 12.6. The van der Waals surface area contributed by atoms with E-state index in [1.807, 2.05) is 58.0 Å². The Morgan fingerprint density at radius 3 is 2.84 bits per heavy atom. The van der Waals surface area contributed by atoms with Gasteiger partial charge in [0.2, 0.25) is 0 Å². The van der Waals surface area contributed by atoms with Gasteiger partial charge in [-0.15, -0.1) is 0 Å². The summed E-state index contributed by atoms with van der Waals surface area (Å²) >= 11 is 0. The van der Waals surface area contributed by atoms with Gasteiger partial charge < -0.3 is 10.1 Å². The molecule has 0 aliphatic heterocycles. The van der Waals surface area contributed by atoms with E-state index < -0.39 is 0 Å². The molecule has 6 heteroatoms. The quantitative estimate of drug-likeness (QED) is 0.777. The fourth-order valence-corrected chi connectivity index (χ4v) is 2.70. The van der Waals surface area contributed by atoms with Crippen LogP contribution >= 0.6 is 0 Å². The van der Waals surface area contributed by atoms with Gasteiger partial charge in [0.25, 0.3) is 5.91 Å². The lowest BCUT2D eigenvalue weighted by atomic mass is 10.2. The number of carbonyl (C=O) groups is 1. The summed E-state index contributed by atoms with van der Waals surface area (Å²) in [7, 11) is 0. The minimum absolute atomic E-state index is 0.145. The predicted molar refractivity (Wildman–Crippen MR) is 96.1 cm³/mol. The minimum atomic E-state index is -0.201. The van der Waals surface area contributed by atoms with E-state index in [1.54, 1.807) is 10.7 Å². The van der Waals surface area contributed by atoms with E-state index in [4.69, 9.17) is 4.74 Å². The van der Waals surface area contributed by atoms with Gasteiger partial charge in [0.15, 0.2) is 5.65 Å². The highest BCUT2D eigenvalue weighted by Gasteiger charge is 2.17. The van der Waals surface area contributed by atoms with E-state index in [0.717, 1.165) is 22.7 Å². The van der Waals surface area contributed by atoms with Crippen molar-refractivity contribution in [3.63, 3.8) is 0 Å². The Kier molecular flexibility index (Phi) is 4.70. The number of aryl methyl sites for hydroxylation is 3. The van der Waals surface area contributed by atoms with Crippen molar-refractivity contribution in [2.75, 3.05) is 6.61 Å². The first-order valence-electron chi connectivity index (χ1n) is 8.26. The number of nitrogens with zero attached hydrogens (tertiary/aromatic N) is 3. The number of nitrogens with one attached hydrogen (secondary N) is 1. The fraction of sp³-hybridized carbons (Fsp3) is 0.316. The van der Waals surface area contributed by atoms with Crippen molar-refractivity contribution in [1.82, 2.24) is 19.9 Å². The zero-order valence-corrected chi connectivity index (χ0v) is 14.9. The molecule has 25 heavy (non-hydrogen) atoms. The summed E-state index contributed by atoms with van der Waals surface area (Å²) in [6.45, 7) is 8.15. The molecular formula is C19H22N4O2. The number of aromatic nitrogens is 3. The van der Waals surface area contributed by atoms with Crippen molar-refractivity contribution in [1.29, 1.82) is 0 Å². The summed E-state index contributed by atoms with van der Waals surface area (Å²) in [5.74, 6) is 0.595. The monoisotopic (exact) mass is 338 g/mol. The highest BCUT2D eigenvalue weighted by molar-refractivity contribution is 5.99. The summed E-state index contributed by atoms with van der Waals surface area (Å²) in [6.07, 6.45) is 1.55. The molecule has 3 rings (SSSR count). The number of fused-ring (bicyclic) bond motifs is 1. The highest BCUT2D eigenvalue weighted by Crippen LogP contribution is 2.14. The molecule has 0 bridgehead atoms. The van der Waals surface area contributed by atoms with Crippen molar-refractivity contribution in [2.45, 2.75) is 33.7 Å². The third-order valence-electron chi connectivity index (χ3n) is 3.89. The van der Waals surface area contributed by atoms with E-state index in [-0.39, 0.29) is 11.9 Å². The van der Waals surface area contributed by atoms with E-state index >= 15 is 0 Å². The number of carbonyl (C=O) groups excluding carboxylic acids is 1. The maximum atomic E-state index is 12.6. The van der Waals surface area contributed by atoms with Gasteiger partial charge in [-0.25, -0.2) is 9.50 Å². The van der Waals surface area contributed by atoms with Crippen LogP contribution in [-0.4, -0.2) is 33.2 Å². The topological polar surface area (TPSA) is 68.5 Å². The van der Waals surface area contributed by atoms with Crippen molar-refractivity contribution >= 4 is 11.6 Å². The second kappa shape index (κ2) is 6.93. The minimum Gasteiger partial charge on any atom is -0.491 e. The van der Waals surface area contributed by atoms with E-state index in [2.05, 4.69) is 15.4 Å². The smallest absolute Gasteiger partial charge is 0.257 e. The van der Waals surface area contributed by atoms with Crippen LogP contribution in [0.25, 0.3) is 5.65 Å². The molecule has 6 nitrogen and oxygen atoms in total. The van der Waals surface area contributed by atoms with E-state index in [1.165, 1.54) is 0 Å². The molecular weight excluding hydrogens is 316 g/mol. The lowest BCUT2D eigenvalue weighted by Crippen LogP contribution is -2.36. The number of benzene rings is 1. The Balaban J connectivity index is 1.67. The number of ether oxygens (including phenoxy) is 1. The largest absolute Gasteiger partial charge is 0.491 e. The van der Waals surface area contributed by atoms with Crippen molar-refractivity contribution in [2.24, 2.45) is 0 Å². The average molecular weight is 338 g/mol. The van der Waals surface area contributed by atoms with Crippen LogP contribution in [0.4, 0.5) is 0 Å². The highest BCUT2D eigenvalue weighted by atomic mass is 16.5. The molecule has 1 aromatic carbocycles. The van der Waals surface area contributed by atoms with Crippen LogP contribution in [0.2, 0.25) is 0 Å². The van der Waals surface area contributed by atoms with Gasteiger partial charge in [0.1, 0.15) is 17.9 Å². The lowest BCUT2D eigenvalue weighted by Gasteiger charge is -2.15. The lowest BCUT2D eigenvalue weighted by molar-refractivity contribution is 0.0928. The summed E-state index contributed by atoms with van der Waals surface area (Å²) in [6, 6.07) is 9.62. The van der Waals surface area contributed by atoms with E-state index in [9.17, 15) is 4.79 Å². The Morgan fingerprint density at radius 1 is 1.28 bits per heavy atom. The van der Waals surface area contributed by atoms with Crippen LogP contribution in [-0.2, 0) is 0 Å². The van der Waals surface area contributed by atoms with Crippen LogP contribution in [0.3, 0.4) is 0 Å². The third-order valence-corrected chi connectivity index (χ3v) is 3.89. The summed E-state index contributed by atoms with van der Waals surface area (Å²) in [5.41, 5.74) is 3.97. The SMILES string of the molecule is Cc1cccc(OCC(C)NC(=O)c2cnn3c(C)cc(C)nc23)c1. The molecule has 0 radical (unpaired) electrons. The molecule has 2 aromatic heterocycles. The molecule has 130 valence electrons. The fourth-order valence-electron chi connectivity index (χ4n) is 2.70. The zero-order valence-electron chi connectivity index (χ0n) is 14.9. The van der Waals surface area contributed by atoms with Gasteiger partial charge >= 0.3 is 0 Å². The molecule has 2 heterocycles. The Hall–Kier alpha value is -2.89. The molecule has 0 aliphatic carbocycles. The molecule has 1 N–H and O–H groups in total. The Labute approximate surface area is 146 Å². The summed E-state index contributed by atoms with van der Waals surface area (Å²) < 4.78 is 7.42. The summed E-state index contributed by atoms with van der Waals surface area (Å²) in [4.78, 5) is 17.0. The molecule has 0 aliphatic rings. The third kappa shape index (κ3) is 3.79. The first-order valence-corrected chi connectivity index (χ1v) is 8.26. The van der Waals surface area contributed by atoms with Crippen LogP contribution in [0.5, 0.6) is 5.75 Å². The van der Waals surface area contributed by atoms with Gasteiger partial charge in [-0.05, 0) is 51.5 Å². The number of hydrogen-bond acceptors (Lipinski definition) is 4. The molecule has 0 saturated carbocycles. The van der Waals surface area contributed by atoms with Crippen LogP contribution in [0.15, 0.2) is 36.5 Å². The van der Waals surface area contributed by atoms with Crippen LogP contribution < -0.4 is 10.1 Å². The Bertz CT molecular complexity index is 917. The maximum Gasteiger partial charge on any atom is 0.257 e. The molecule has 0 saturated heterocycles. The van der Waals surface area contributed by atoms with Crippen molar-refractivity contribution in [3.05, 3.63) is 59.0 Å². The number of amides is 1. The second-order valence-corrected chi connectivity index (χ2v) is 6.33. The second-order valence-electron chi connectivity index (χ2n) is 6.33. The average Bonchev–Trinajstić information content (AvgIpc) is 2.97. The first-order chi connectivity index (χ1) is 11.9. The standard InChI is InChI=1S/C19H22N4O2/c1-12-6-5-7-16(8-12)25-11-14(3)22-19(24)17-10-20-23-15(4)9-13(2)21-18(17)23/h5-10,14H,11H2,1-4H3,(H,22,24). The van der Waals surface area contributed by atoms with Crippen LogP contribution in [0, 0.1) is 20.8 Å². The van der Waals surface area contributed by atoms with E-state index in [0.29, 0.717) is 17.8 Å². The van der Waals surface area contributed by atoms with Gasteiger partial charge in [-0.2, -0.15) is 5.10 Å². The first kappa shape index (κ1) is 17.0. The summed E-state index contributed by atoms with van der Waals surface area (Å²) in [5, 5.41) is 7.19. The molecule has 3 aromatic rings. The van der Waals surface area contributed by atoms with Crippen molar-refractivity contribution < 1.29 is 9.53 Å². The zero-order chi connectivity index (χ0) is 18.0. The Morgan fingerprint density at radius 2 is 2.08 bits per heavy atom. The number of rotatable bonds is 5. The van der Waals surface area contributed by atoms with Crippen molar-refractivity contribution in [3.8, 4) is 5.75 Å². The predicted octanol–water partition coefficient (Wildman–Crippen LogP) is 2.85. The molecule has 1 unspecified atom stereocenters. The molecule has 1 atom stereocenters. The molecule has 0 spiro atoms. The van der Waals surface area contributed by atoms with Crippen LogP contribution in [0.1, 0.15) is 34.2 Å². The molecule has 1 amide bonds. The molecule has 0 fully saturated rings. The number of hydrogen-bond donors (Lipinski definition) is 1.